The molecule has 0 bridgehead atoms. The van der Waals surface area contributed by atoms with Crippen LogP contribution < -0.4 is 9.47 Å². The molecule has 0 radical (unpaired) electrons. The summed E-state index contributed by atoms with van der Waals surface area (Å²) in [6, 6.07) is 12.9. The van der Waals surface area contributed by atoms with Gasteiger partial charge in [0.1, 0.15) is 23.7 Å². The number of Topliss-reactive ketones (excluding diaryl/α,β-unsaturated/α-hetero) is 1. The summed E-state index contributed by atoms with van der Waals surface area (Å²) < 4.78 is 11.6. The van der Waals surface area contributed by atoms with Gasteiger partial charge in [-0.05, 0) is 43.7 Å². The first-order valence-corrected chi connectivity index (χ1v) is 7.54. The van der Waals surface area contributed by atoms with Crippen LogP contribution in [0.4, 0.5) is 0 Å². The van der Waals surface area contributed by atoms with E-state index in [0.717, 1.165) is 5.56 Å². The van der Waals surface area contributed by atoms with Crippen molar-refractivity contribution < 1.29 is 14.3 Å². The first-order chi connectivity index (χ1) is 10.4. The second-order valence-corrected chi connectivity index (χ2v) is 6.47. The fourth-order valence-corrected chi connectivity index (χ4v) is 2.60. The lowest BCUT2D eigenvalue weighted by molar-refractivity contribution is 0.0618. The molecule has 0 aromatic heterocycles. The van der Waals surface area contributed by atoms with Crippen molar-refractivity contribution in [2.24, 2.45) is 0 Å². The lowest BCUT2D eigenvalue weighted by Gasteiger charge is -2.31. The molecule has 1 aliphatic heterocycles. The van der Waals surface area contributed by atoms with Crippen molar-refractivity contribution in [1.82, 2.24) is 0 Å². The quantitative estimate of drug-likeness (QED) is 0.826. The van der Waals surface area contributed by atoms with Gasteiger partial charge in [0.15, 0.2) is 5.78 Å². The van der Waals surface area contributed by atoms with Crippen LogP contribution in [0.1, 0.15) is 36.2 Å². The molecule has 3 rings (SSSR count). The van der Waals surface area contributed by atoms with Gasteiger partial charge >= 0.3 is 0 Å². The van der Waals surface area contributed by atoms with Crippen LogP contribution in [-0.4, -0.2) is 11.4 Å². The number of ketones is 1. The van der Waals surface area contributed by atoms with E-state index in [2.05, 4.69) is 0 Å². The third-order valence-corrected chi connectivity index (χ3v) is 3.80. The molecule has 1 heterocycles. The Bertz CT molecular complexity index is 705. The number of rotatable bonds is 3. The lowest BCUT2D eigenvalue weighted by atomic mass is 9.93. The van der Waals surface area contributed by atoms with E-state index >= 15 is 0 Å². The summed E-state index contributed by atoms with van der Waals surface area (Å²) in [6.07, 6.45) is 0.394. The third-order valence-electron chi connectivity index (χ3n) is 3.54. The van der Waals surface area contributed by atoms with Crippen LogP contribution >= 0.6 is 11.6 Å². The van der Waals surface area contributed by atoms with E-state index in [0.29, 0.717) is 35.1 Å². The Balaban J connectivity index is 1.76. The molecule has 22 heavy (non-hydrogen) atoms. The van der Waals surface area contributed by atoms with Gasteiger partial charge in [0.25, 0.3) is 0 Å². The Morgan fingerprint density at radius 3 is 2.64 bits per heavy atom. The normalized spacial score (nSPS) is 15.9. The lowest BCUT2D eigenvalue weighted by Crippen LogP contribution is -2.35. The number of halogens is 1. The summed E-state index contributed by atoms with van der Waals surface area (Å²) in [6.45, 7) is 4.26. The number of hydrogen-bond acceptors (Lipinski definition) is 3. The third kappa shape index (κ3) is 3.25. The van der Waals surface area contributed by atoms with Crippen molar-refractivity contribution in [2.75, 3.05) is 0 Å². The molecule has 0 saturated heterocycles. The largest absolute Gasteiger partial charge is 0.489 e. The van der Waals surface area contributed by atoms with Gasteiger partial charge in [-0.2, -0.15) is 0 Å². The molecule has 1 aliphatic rings. The van der Waals surface area contributed by atoms with E-state index in [4.69, 9.17) is 21.1 Å². The first kappa shape index (κ1) is 14.9. The van der Waals surface area contributed by atoms with E-state index in [9.17, 15) is 4.79 Å². The predicted molar refractivity (Wildman–Crippen MR) is 85.9 cm³/mol. The maximum absolute atomic E-state index is 12.1. The Hall–Kier alpha value is -2.00. The zero-order chi connectivity index (χ0) is 15.7. The average Bonchev–Trinajstić information content (AvgIpc) is 2.45. The smallest absolute Gasteiger partial charge is 0.170 e. The molecule has 0 N–H and O–H groups in total. The molecular formula is C18H17ClO3. The van der Waals surface area contributed by atoms with E-state index < -0.39 is 5.60 Å². The van der Waals surface area contributed by atoms with Crippen LogP contribution in [0.5, 0.6) is 11.5 Å². The maximum Gasteiger partial charge on any atom is 0.170 e. The molecule has 0 atom stereocenters. The SMILES string of the molecule is CC1(C)CC(=O)c2ccc(OCc3ccc(Cl)cc3)cc2O1. The van der Waals surface area contributed by atoms with E-state index in [1.165, 1.54) is 0 Å². The minimum Gasteiger partial charge on any atom is -0.489 e. The molecule has 114 valence electrons. The predicted octanol–water partition coefficient (Wildman–Crippen LogP) is 4.66. The number of benzene rings is 2. The first-order valence-electron chi connectivity index (χ1n) is 7.16. The van der Waals surface area contributed by atoms with E-state index in [1.807, 2.05) is 38.1 Å². The Morgan fingerprint density at radius 1 is 1.18 bits per heavy atom. The fraction of sp³-hybridized carbons (Fsp3) is 0.278. The van der Waals surface area contributed by atoms with Crippen LogP contribution in [0.25, 0.3) is 0 Å². The second-order valence-electron chi connectivity index (χ2n) is 6.03. The highest BCUT2D eigenvalue weighted by atomic mass is 35.5. The molecule has 0 aliphatic carbocycles. The second kappa shape index (κ2) is 5.65. The number of carbonyl (C=O) groups is 1. The summed E-state index contributed by atoms with van der Waals surface area (Å²) in [7, 11) is 0. The molecule has 4 heteroatoms. The standard InChI is InChI=1S/C18H17ClO3/c1-18(2)10-16(20)15-8-7-14(9-17(15)22-18)21-11-12-3-5-13(19)6-4-12/h3-9H,10-11H2,1-2H3. The molecular weight excluding hydrogens is 300 g/mol. The van der Waals surface area contributed by atoms with Crippen molar-refractivity contribution in [2.45, 2.75) is 32.5 Å². The molecule has 2 aromatic rings. The summed E-state index contributed by atoms with van der Waals surface area (Å²) in [5.74, 6) is 1.38. The van der Waals surface area contributed by atoms with Gasteiger partial charge in [-0.25, -0.2) is 0 Å². The zero-order valence-corrected chi connectivity index (χ0v) is 13.3. The zero-order valence-electron chi connectivity index (χ0n) is 12.6. The molecule has 0 unspecified atom stereocenters. The minimum absolute atomic E-state index is 0.107. The van der Waals surface area contributed by atoms with Crippen LogP contribution in [0.15, 0.2) is 42.5 Å². The van der Waals surface area contributed by atoms with Gasteiger partial charge in [0.05, 0.1) is 12.0 Å². The van der Waals surface area contributed by atoms with Crippen molar-refractivity contribution in [3.8, 4) is 11.5 Å². The van der Waals surface area contributed by atoms with Gasteiger partial charge in [-0.3, -0.25) is 4.79 Å². The van der Waals surface area contributed by atoms with Crippen molar-refractivity contribution in [3.05, 3.63) is 58.6 Å². The molecule has 0 fully saturated rings. The van der Waals surface area contributed by atoms with Gasteiger partial charge in [-0.15, -0.1) is 0 Å². The van der Waals surface area contributed by atoms with E-state index in [1.54, 1.807) is 18.2 Å². The summed E-state index contributed by atoms with van der Waals surface area (Å²) in [4.78, 5) is 12.1. The number of fused-ring (bicyclic) bond motifs is 1. The van der Waals surface area contributed by atoms with Crippen molar-refractivity contribution >= 4 is 17.4 Å². The van der Waals surface area contributed by atoms with E-state index in [-0.39, 0.29) is 5.78 Å². The Morgan fingerprint density at radius 2 is 1.91 bits per heavy atom. The van der Waals surface area contributed by atoms with Crippen LogP contribution in [0.3, 0.4) is 0 Å². The number of ether oxygens (including phenoxy) is 2. The van der Waals surface area contributed by atoms with Crippen LogP contribution in [0, 0.1) is 0 Å². The van der Waals surface area contributed by atoms with Gasteiger partial charge < -0.3 is 9.47 Å². The topological polar surface area (TPSA) is 35.5 Å². The van der Waals surface area contributed by atoms with Crippen molar-refractivity contribution in [3.63, 3.8) is 0 Å². The average molecular weight is 317 g/mol. The minimum atomic E-state index is -0.473. The Labute approximate surface area is 134 Å². The van der Waals surface area contributed by atoms with Crippen LogP contribution in [-0.2, 0) is 6.61 Å². The van der Waals surface area contributed by atoms with Crippen molar-refractivity contribution in [1.29, 1.82) is 0 Å². The molecule has 2 aromatic carbocycles. The monoisotopic (exact) mass is 316 g/mol. The number of hydrogen-bond donors (Lipinski definition) is 0. The molecule has 0 saturated carbocycles. The highest BCUT2D eigenvalue weighted by Crippen LogP contribution is 2.35. The summed E-state index contributed by atoms with van der Waals surface area (Å²) >= 11 is 5.86. The highest BCUT2D eigenvalue weighted by Gasteiger charge is 2.32. The van der Waals surface area contributed by atoms with Gasteiger partial charge in [0, 0.05) is 11.1 Å². The molecule has 3 nitrogen and oxygen atoms in total. The number of carbonyl (C=O) groups excluding carboxylic acids is 1. The maximum atomic E-state index is 12.1. The summed E-state index contributed by atoms with van der Waals surface area (Å²) in [5.41, 5.74) is 1.18. The Kier molecular flexibility index (Phi) is 3.83. The van der Waals surface area contributed by atoms with Gasteiger partial charge in [-0.1, -0.05) is 23.7 Å². The molecule has 0 amide bonds. The molecule has 0 spiro atoms. The summed E-state index contributed by atoms with van der Waals surface area (Å²) in [5, 5.41) is 0.701. The fourth-order valence-electron chi connectivity index (χ4n) is 2.47. The van der Waals surface area contributed by atoms with Gasteiger partial charge in [0.2, 0.25) is 0 Å². The highest BCUT2D eigenvalue weighted by molar-refractivity contribution is 6.30. The van der Waals surface area contributed by atoms with Crippen LogP contribution in [0.2, 0.25) is 5.02 Å².